The summed E-state index contributed by atoms with van der Waals surface area (Å²) >= 11 is 0. The molecular weight excluding hydrogens is 220 g/mol. The van der Waals surface area contributed by atoms with E-state index in [2.05, 4.69) is 15.6 Å². The molecule has 2 N–H and O–H groups in total. The highest BCUT2D eigenvalue weighted by Crippen LogP contribution is 2.20. The van der Waals surface area contributed by atoms with Gasteiger partial charge in [0, 0.05) is 7.05 Å². The summed E-state index contributed by atoms with van der Waals surface area (Å²) in [5.41, 5.74) is 2.37. The van der Waals surface area contributed by atoms with Gasteiger partial charge in [0.15, 0.2) is 9.84 Å². The largest absolute Gasteiger partial charge is 0.425 e. The normalized spacial score (nSPS) is 20.5. The Hall–Kier alpha value is -1.08. The molecule has 0 fully saturated rings. The van der Waals surface area contributed by atoms with Crippen LogP contribution in [0.2, 0.25) is 0 Å². The fourth-order valence-corrected chi connectivity index (χ4v) is 2.92. The summed E-state index contributed by atoms with van der Waals surface area (Å²) in [6.07, 6.45) is 1.50. The predicted molar refractivity (Wildman–Crippen MR) is 54.6 cm³/mol. The molecule has 0 saturated heterocycles. The lowest BCUT2D eigenvalue weighted by molar-refractivity contribution is 0.0815. The minimum Gasteiger partial charge on any atom is -0.353 e. The van der Waals surface area contributed by atoms with Crippen LogP contribution in [0.25, 0.3) is 0 Å². The summed E-state index contributed by atoms with van der Waals surface area (Å²) in [7, 11) is -1.74. The molecule has 1 unspecified atom stereocenters. The summed E-state index contributed by atoms with van der Waals surface area (Å²) in [6.45, 7) is 1.62. The molecule has 1 amide bonds. The molecule has 6 nitrogen and oxygen atoms in total. The van der Waals surface area contributed by atoms with Crippen molar-refractivity contribution in [1.29, 1.82) is 0 Å². The topological polar surface area (TPSA) is 84.5 Å². The summed E-state index contributed by atoms with van der Waals surface area (Å²) in [6, 6.07) is -0.519. The number of amides is 1. The first kappa shape index (κ1) is 12.0. The summed E-state index contributed by atoms with van der Waals surface area (Å²) < 4.78 is 22.9. The van der Waals surface area contributed by atoms with Crippen LogP contribution < -0.4 is 10.8 Å². The maximum atomic E-state index is 11.5. The first-order valence-corrected chi connectivity index (χ1v) is 6.19. The van der Waals surface area contributed by atoms with E-state index in [4.69, 9.17) is 0 Å². The van der Waals surface area contributed by atoms with E-state index in [0.717, 1.165) is 0 Å². The third-order valence-corrected chi connectivity index (χ3v) is 4.06. The van der Waals surface area contributed by atoms with Crippen molar-refractivity contribution < 1.29 is 18.0 Å². The molecule has 7 heteroatoms. The highest BCUT2D eigenvalue weighted by molar-refractivity contribution is 7.95. The van der Waals surface area contributed by atoms with Crippen molar-refractivity contribution in [3.8, 4) is 0 Å². The van der Waals surface area contributed by atoms with Crippen molar-refractivity contribution in [1.82, 2.24) is 10.8 Å². The van der Waals surface area contributed by atoms with Gasteiger partial charge in [0.1, 0.15) is 0 Å². The van der Waals surface area contributed by atoms with Gasteiger partial charge in [-0.2, -0.15) is 0 Å². The van der Waals surface area contributed by atoms with Gasteiger partial charge in [-0.05, 0) is 13.3 Å². The summed E-state index contributed by atoms with van der Waals surface area (Å²) in [4.78, 5) is 15.6. The van der Waals surface area contributed by atoms with Crippen LogP contribution in [0.5, 0.6) is 0 Å². The zero-order chi connectivity index (χ0) is 11.5. The van der Waals surface area contributed by atoms with Gasteiger partial charge in [-0.1, -0.05) is 6.08 Å². The van der Waals surface area contributed by atoms with Crippen LogP contribution in [0.4, 0.5) is 4.79 Å². The molecule has 86 valence electrons. The second kappa shape index (κ2) is 4.63. The molecule has 15 heavy (non-hydrogen) atoms. The Morgan fingerprint density at radius 1 is 1.60 bits per heavy atom. The zero-order valence-electron chi connectivity index (χ0n) is 8.61. The van der Waals surface area contributed by atoms with Gasteiger partial charge in [0.25, 0.3) is 0 Å². The van der Waals surface area contributed by atoms with Crippen molar-refractivity contribution >= 4 is 15.9 Å². The summed E-state index contributed by atoms with van der Waals surface area (Å²) in [5, 5.41) is 2.24. The maximum Gasteiger partial charge on any atom is 0.425 e. The van der Waals surface area contributed by atoms with Gasteiger partial charge >= 0.3 is 6.09 Å². The Labute approximate surface area is 88.6 Å². The highest BCUT2D eigenvalue weighted by Gasteiger charge is 2.27. The molecule has 1 heterocycles. The van der Waals surface area contributed by atoms with Gasteiger partial charge < -0.3 is 10.2 Å². The Bertz CT molecular complexity index is 374. The number of hydroxylamine groups is 1. The molecule has 0 radical (unpaired) electrons. The van der Waals surface area contributed by atoms with Crippen LogP contribution in [0.3, 0.4) is 0 Å². The first-order chi connectivity index (χ1) is 6.97. The molecule has 0 saturated carbocycles. The Morgan fingerprint density at radius 3 is 2.73 bits per heavy atom. The van der Waals surface area contributed by atoms with Crippen molar-refractivity contribution in [3.05, 3.63) is 11.0 Å². The van der Waals surface area contributed by atoms with Crippen molar-refractivity contribution in [2.45, 2.75) is 19.4 Å². The molecule has 1 atom stereocenters. The fourth-order valence-electron chi connectivity index (χ4n) is 1.30. The number of carbonyl (C=O) groups is 1. The SMILES string of the molecule is CNC(=O)ONC(C)C1=CCCS1(=O)=O. The minimum atomic E-state index is -3.15. The Morgan fingerprint density at radius 2 is 2.27 bits per heavy atom. The fraction of sp³-hybridized carbons (Fsp3) is 0.625. The number of rotatable bonds is 3. The molecule has 0 aliphatic carbocycles. The maximum absolute atomic E-state index is 11.5. The smallest absolute Gasteiger partial charge is 0.353 e. The lowest BCUT2D eigenvalue weighted by Gasteiger charge is -2.13. The van der Waals surface area contributed by atoms with Gasteiger partial charge in [0.05, 0.1) is 16.7 Å². The van der Waals surface area contributed by atoms with Crippen LogP contribution in [-0.2, 0) is 14.7 Å². The van der Waals surface area contributed by atoms with Gasteiger partial charge in [-0.25, -0.2) is 13.2 Å². The number of carbonyl (C=O) groups excluding carboxylic acids is 1. The van der Waals surface area contributed by atoms with E-state index in [1.165, 1.54) is 7.05 Å². The van der Waals surface area contributed by atoms with Crippen LogP contribution in [0.1, 0.15) is 13.3 Å². The number of hydrogen-bond donors (Lipinski definition) is 2. The van der Waals surface area contributed by atoms with Gasteiger partial charge in [-0.15, -0.1) is 5.48 Å². The number of nitrogens with one attached hydrogen (secondary N) is 2. The van der Waals surface area contributed by atoms with Crippen LogP contribution in [0.15, 0.2) is 11.0 Å². The van der Waals surface area contributed by atoms with Crippen molar-refractivity contribution in [2.24, 2.45) is 0 Å². The van der Waals surface area contributed by atoms with E-state index in [0.29, 0.717) is 6.42 Å². The van der Waals surface area contributed by atoms with Gasteiger partial charge in [-0.3, -0.25) is 0 Å². The Kier molecular flexibility index (Phi) is 3.70. The molecule has 1 aliphatic heterocycles. The van der Waals surface area contributed by atoms with Crippen LogP contribution in [-0.4, -0.2) is 33.4 Å². The molecular formula is C8H14N2O4S. The highest BCUT2D eigenvalue weighted by atomic mass is 32.2. The standard InChI is InChI=1S/C8H14N2O4S/c1-6(10-14-8(11)9-2)7-4-3-5-15(7,12)13/h4,6,10H,3,5H2,1-2H3,(H,9,11). The summed E-state index contributed by atoms with van der Waals surface area (Å²) in [5.74, 6) is 0.133. The molecule has 1 rings (SSSR count). The van der Waals surface area contributed by atoms with E-state index in [1.807, 2.05) is 0 Å². The number of sulfone groups is 1. The number of hydrogen-bond acceptors (Lipinski definition) is 5. The molecule has 1 aliphatic rings. The first-order valence-electron chi connectivity index (χ1n) is 4.54. The molecule has 0 bridgehead atoms. The van der Waals surface area contributed by atoms with Gasteiger partial charge in [0.2, 0.25) is 0 Å². The van der Waals surface area contributed by atoms with E-state index in [-0.39, 0.29) is 10.7 Å². The second-order valence-corrected chi connectivity index (χ2v) is 5.30. The minimum absolute atomic E-state index is 0.133. The monoisotopic (exact) mass is 234 g/mol. The van der Waals surface area contributed by atoms with E-state index in [9.17, 15) is 13.2 Å². The van der Waals surface area contributed by atoms with E-state index >= 15 is 0 Å². The van der Waals surface area contributed by atoms with Crippen molar-refractivity contribution in [2.75, 3.05) is 12.8 Å². The zero-order valence-corrected chi connectivity index (χ0v) is 9.43. The van der Waals surface area contributed by atoms with Crippen LogP contribution >= 0.6 is 0 Å². The van der Waals surface area contributed by atoms with E-state index in [1.54, 1.807) is 13.0 Å². The lowest BCUT2D eigenvalue weighted by Crippen LogP contribution is -2.35. The third kappa shape index (κ3) is 2.93. The quantitative estimate of drug-likeness (QED) is 0.668. The molecule has 0 aromatic carbocycles. The average molecular weight is 234 g/mol. The second-order valence-electron chi connectivity index (χ2n) is 3.19. The van der Waals surface area contributed by atoms with Crippen LogP contribution in [0, 0.1) is 0 Å². The molecule has 0 aromatic rings. The van der Waals surface area contributed by atoms with Crippen molar-refractivity contribution in [3.63, 3.8) is 0 Å². The van der Waals surface area contributed by atoms with E-state index < -0.39 is 22.0 Å². The number of allylic oxidation sites excluding steroid dienone is 1. The third-order valence-electron chi connectivity index (χ3n) is 2.05. The molecule has 0 spiro atoms. The average Bonchev–Trinajstić information content (AvgIpc) is 2.53. The predicted octanol–water partition coefficient (Wildman–Crippen LogP) is -0.0621. The lowest BCUT2D eigenvalue weighted by atomic mass is 10.3. The Balaban J connectivity index is 2.55. The molecule has 0 aromatic heterocycles.